The van der Waals surface area contributed by atoms with Crippen molar-refractivity contribution in [1.82, 2.24) is 0 Å². The second-order valence-electron chi connectivity index (χ2n) is 2.65. The number of ether oxygens (including phenoxy) is 1. The summed E-state index contributed by atoms with van der Waals surface area (Å²) in [5.74, 6) is -0.938. The lowest BCUT2D eigenvalue weighted by atomic mass is 10.3. The molecular formula is C8H14O3S. The summed E-state index contributed by atoms with van der Waals surface area (Å²) in [6, 6.07) is 0. The third-order valence-corrected chi connectivity index (χ3v) is 1.33. The van der Waals surface area contributed by atoms with E-state index in [1.165, 1.54) is 0 Å². The van der Waals surface area contributed by atoms with Crippen LogP contribution in [-0.4, -0.2) is 17.2 Å². The summed E-state index contributed by atoms with van der Waals surface area (Å²) in [5.41, 5.74) is 0. The molecule has 0 fully saturated rings. The Morgan fingerprint density at radius 1 is 1.42 bits per heavy atom. The van der Waals surface area contributed by atoms with Gasteiger partial charge < -0.3 is 4.74 Å². The van der Waals surface area contributed by atoms with Crippen molar-refractivity contribution in [3.05, 3.63) is 0 Å². The molecule has 0 aliphatic heterocycles. The quantitative estimate of drug-likeness (QED) is 0.415. The molecule has 0 N–H and O–H groups in total. The summed E-state index contributed by atoms with van der Waals surface area (Å²) in [7, 11) is 0. The number of carbonyl (C=O) groups is 2. The Bertz CT molecular complexity index is 166. The van der Waals surface area contributed by atoms with Gasteiger partial charge in [-0.25, -0.2) is 0 Å². The fraction of sp³-hybridized carbons (Fsp3) is 0.750. The minimum atomic E-state index is -0.490. The minimum Gasteiger partial charge on any atom is -0.393 e. The van der Waals surface area contributed by atoms with Crippen LogP contribution in [0.5, 0.6) is 0 Å². The van der Waals surface area contributed by atoms with Gasteiger partial charge in [0.05, 0.1) is 6.42 Å². The first kappa shape index (κ1) is 11.5. The molecule has 0 rings (SSSR count). The molecule has 0 saturated heterocycles. The Kier molecular flexibility index (Phi) is 5.80. The van der Waals surface area contributed by atoms with Gasteiger partial charge in [0.25, 0.3) is 0 Å². The molecule has 70 valence electrons. The summed E-state index contributed by atoms with van der Waals surface area (Å²) in [5, 5.41) is -0.0630. The van der Waals surface area contributed by atoms with Crippen LogP contribution in [0.25, 0.3) is 0 Å². The number of carbonyl (C=O) groups excluding carboxylic acids is 2. The first-order valence-electron chi connectivity index (χ1n) is 3.97. The zero-order chi connectivity index (χ0) is 9.56. The summed E-state index contributed by atoms with van der Waals surface area (Å²) < 4.78 is 4.47. The third-order valence-electron chi connectivity index (χ3n) is 1.14. The van der Waals surface area contributed by atoms with Crippen LogP contribution in [0.2, 0.25) is 0 Å². The zero-order valence-electron chi connectivity index (χ0n) is 7.37. The SMILES string of the molecule is CCCC(=O)OC(=O)CC(C)S. The zero-order valence-corrected chi connectivity index (χ0v) is 8.27. The monoisotopic (exact) mass is 190 g/mol. The van der Waals surface area contributed by atoms with E-state index in [4.69, 9.17) is 0 Å². The molecule has 3 nitrogen and oxygen atoms in total. The number of esters is 2. The van der Waals surface area contributed by atoms with Crippen LogP contribution in [0.3, 0.4) is 0 Å². The molecule has 12 heavy (non-hydrogen) atoms. The Morgan fingerprint density at radius 3 is 2.42 bits per heavy atom. The fourth-order valence-electron chi connectivity index (χ4n) is 0.665. The smallest absolute Gasteiger partial charge is 0.314 e. The normalized spacial score (nSPS) is 12.2. The molecule has 0 aliphatic rings. The number of rotatable bonds is 4. The highest BCUT2D eigenvalue weighted by Gasteiger charge is 2.10. The fourth-order valence-corrected chi connectivity index (χ4v) is 0.814. The molecule has 0 amide bonds. The molecule has 4 heteroatoms. The molecule has 0 bridgehead atoms. The van der Waals surface area contributed by atoms with Crippen molar-refractivity contribution in [1.29, 1.82) is 0 Å². The third kappa shape index (κ3) is 6.22. The molecule has 0 heterocycles. The first-order chi connectivity index (χ1) is 5.56. The van der Waals surface area contributed by atoms with Crippen molar-refractivity contribution in [2.75, 3.05) is 0 Å². The lowest BCUT2D eigenvalue weighted by Crippen LogP contribution is -2.14. The van der Waals surface area contributed by atoms with Crippen molar-refractivity contribution in [3.63, 3.8) is 0 Å². The molecule has 0 aromatic rings. The molecule has 0 spiro atoms. The number of hydrogen-bond donors (Lipinski definition) is 1. The van der Waals surface area contributed by atoms with E-state index < -0.39 is 11.9 Å². The Labute approximate surface area is 77.9 Å². The Hall–Kier alpha value is -0.510. The minimum absolute atomic E-state index is 0.0630. The van der Waals surface area contributed by atoms with E-state index in [2.05, 4.69) is 17.4 Å². The van der Waals surface area contributed by atoms with Gasteiger partial charge >= 0.3 is 11.9 Å². The van der Waals surface area contributed by atoms with Crippen molar-refractivity contribution < 1.29 is 14.3 Å². The van der Waals surface area contributed by atoms with Gasteiger partial charge in [0.1, 0.15) is 0 Å². The molecule has 1 unspecified atom stereocenters. The predicted octanol–water partition coefficient (Wildman–Crippen LogP) is 1.56. The highest BCUT2D eigenvalue weighted by atomic mass is 32.1. The van der Waals surface area contributed by atoms with E-state index in [9.17, 15) is 9.59 Å². The Morgan fingerprint density at radius 2 is 2.00 bits per heavy atom. The lowest BCUT2D eigenvalue weighted by Gasteiger charge is -2.03. The molecule has 1 atom stereocenters. The van der Waals surface area contributed by atoms with Gasteiger partial charge in [0.2, 0.25) is 0 Å². The maximum absolute atomic E-state index is 10.8. The van der Waals surface area contributed by atoms with E-state index in [1.807, 2.05) is 6.92 Å². The number of hydrogen-bond acceptors (Lipinski definition) is 4. The van der Waals surface area contributed by atoms with Crippen LogP contribution in [0.15, 0.2) is 0 Å². The average Bonchev–Trinajstić information content (AvgIpc) is 1.84. The predicted molar refractivity (Wildman–Crippen MR) is 49.1 cm³/mol. The van der Waals surface area contributed by atoms with Gasteiger partial charge in [-0.3, -0.25) is 9.59 Å². The van der Waals surface area contributed by atoms with Crippen LogP contribution in [0.4, 0.5) is 0 Å². The maximum atomic E-state index is 10.8. The summed E-state index contributed by atoms with van der Waals surface area (Å²) >= 11 is 4.00. The Balaban J connectivity index is 3.62. The number of thiol groups is 1. The van der Waals surface area contributed by atoms with E-state index in [0.29, 0.717) is 12.8 Å². The molecule has 0 saturated carbocycles. The summed E-state index contributed by atoms with van der Waals surface area (Å²) in [4.78, 5) is 21.6. The van der Waals surface area contributed by atoms with Crippen LogP contribution >= 0.6 is 12.6 Å². The molecular weight excluding hydrogens is 176 g/mol. The van der Waals surface area contributed by atoms with Crippen LogP contribution < -0.4 is 0 Å². The van der Waals surface area contributed by atoms with Crippen molar-refractivity contribution in [3.8, 4) is 0 Å². The van der Waals surface area contributed by atoms with Gasteiger partial charge in [0, 0.05) is 11.7 Å². The van der Waals surface area contributed by atoms with Crippen molar-refractivity contribution >= 4 is 24.6 Å². The van der Waals surface area contributed by atoms with E-state index in [0.717, 1.165) is 0 Å². The second kappa shape index (κ2) is 6.06. The summed E-state index contributed by atoms with van der Waals surface area (Å²) in [6.45, 7) is 3.63. The molecule has 0 aromatic carbocycles. The van der Waals surface area contributed by atoms with E-state index in [-0.39, 0.29) is 11.7 Å². The second-order valence-corrected chi connectivity index (χ2v) is 3.53. The van der Waals surface area contributed by atoms with Gasteiger partial charge in [-0.1, -0.05) is 13.8 Å². The summed E-state index contributed by atoms with van der Waals surface area (Å²) in [6.07, 6.45) is 1.17. The van der Waals surface area contributed by atoms with Crippen molar-refractivity contribution in [2.45, 2.75) is 38.4 Å². The van der Waals surface area contributed by atoms with Gasteiger partial charge in [-0.05, 0) is 6.42 Å². The van der Waals surface area contributed by atoms with E-state index >= 15 is 0 Å². The topological polar surface area (TPSA) is 43.4 Å². The molecule has 0 radical (unpaired) electrons. The van der Waals surface area contributed by atoms with Gasteiger partial charge in [0.15, 0.2) is 0 Å². The maximum Gasteiger partial charge on any atom is 0.314 e. The molecule has 0 aliphatic carbocycles. The van der Waals surface area contributed by atoms with Crippen LogP contribution in [0, 0.1) is 0 Å². The molecule has 0 aromatic heterocycles. The largest absolute Gasteiger partial charge is 0.393 e. The van der Waals surface area contributed by atoms with Gasteiger partial charge in [-0.2, -0.15) is 12.6 Å². The average molecular weight is 190 g/mol. The lowest BCUT2D eigenvalue weighted by molar-refractivity contribution is -0.159. The van der Waals surface area contributed by atoms with Crippen LogP contribution in [0.1, 0.15) is 33.1 Å². The van der Waals surface area contributed by atoms with Gasteiger partial charge in [-0.15, -0.1) is 0 Å². The van der Waals surface area contributed by atoms with E-state index in [1.54, 1.807) is 6.92 Å². The van der Waals surface area contributed by atoms with Crippen molar-refractivity contribution in [2.24, 2.45) is 0 Å². The van der Waals surface area contributed by atoms with Crippen LogP contribution in [-0.2, 0) is 14.3 Å². The standard InChI is InChI=1S/C8H14O3S/c1-3-4-7(9)11-8(10)5-6(2)12/h6,12H,3-5H2,1-2H3. The highest BCUT2D eigenvalue weighted by molar-refractivity contribution is 7.80. The highest BCUT2D eigenvalue weighted by Crippen LogP contribution is 2.02. The first-order valence-corrected chi connectivity index (χ1v) is 4.49.